The molecule has 0 aliphatic carbocycles. The van der Waals surface area contributed by atoms with Crippen LogP contribution in [0.4, 0.5) is 0 Å². The van der Waals surface area contributed by atoms with Crippen molar-refractivity contribution in [2.45, 2.75) is 52.1 Å². The zero-order chi connectivity index (χ0) is 25.3. The number of aliphatic carboxylic acids is 1. The molecule has 1 unspecified atom stereocenters. The molecule has 0 radical (unpaired) electrons. The summed E-state index contributed by atoms with van der Waals surface area (Å²) < 4.78 is 11.5. The number of benzene rings is 3. The zero-order valence-corrected chi connectivity index (χ0v) is 20.9. The molecule has 0 bridgehead atoms. The Labute approximate surface area is 209 Å². The van der Waals surface area contributed by atoms with Gasteiger partial charge in [0.1, 0.15) is 12.4 Å². The van der Waals surface area contributed by atoms with Gasteiger partial charge in [0.2, 0.25) is 0 Å². The molecule has 0 aliphatic rings. The molecule has 5 heteroatoms. The summed E-state index contributed by atoms with van der Waals surface area (Å²) in [6, 6.07) is 25.5. The highest BCUT2D eigenvalue weighted by molar-refractivity contribution is 5.67. The summed E-state index contributed by atoms with van der Waals surface area (Å²) in [5, 5.41) is 19.4. The predicted molar refractivity (Wildman–Crippen MR) is 140 cm³/mol. The highest BCUT2D eigenvalue weighted by atomic mass is 16.5. The summed E-state index contributed by atoms with van der Waals surface area (Å²) in [5.74, 6) is -0.114. The molecule has 0 aromatic heterocycles. The Bertz CT molecular complexity index is 987. The quantitative estimate of drug-likeness (QED) is 0.293. The zero-order valence-electron chi connectivity index (χ0n) is 20.9. The minimum atomic E-state index is -0.820. The topological polar surface area (TPSA) is 76.0 Å². The molecule has 0 saturated carbocycles. The van der Waals surface area contributed by atoms with Crippen LogP contribution in [0.15, 0.2) is 78.9 Å². The summed E-state index contributed by atoms with van der Waals surface area (Å²) in [7, 11) is 0. The van der Waals surface area contributed by atoms with Gasteiger partial charge in [0, 0.05) is 12.8 Å². The molecule has 5 nitrogen and oxygen atoms in total. The number of aliphatic hydroxyl groups excluding tert-OH is 1. The largest absolute Gasteiger partial charge is 0.491 e. The van der Waals surface area contributed by atoms with Gasteiger partial charge in [-0.05, 0) is 41.2 Å². The highest BCUT2D eigenvalue weighted by Crippen LogP contribution is 2.21. The average molecular weight is 479 g/mol. The molecule has 3 rings (SSSR count). The van der Waals surface area contributed by atoms with Gasteiger partial charge in [-0.15, -0.1) is 0 Å². The second kappa shape index (κ2) is 16.5. The second-order valence-corrected chi connectivity index (χ2v) is 8.37. The molecule has 0 saturated heterocycles. The molecule has 0 spiro atoms. The van der Waals surface area contributed by atoms with Gasteiger partial charge in [-0.1, -0.05) is 93.1 Å². The fraction of sp³-hybridized carbons (Fsp3) is 0.367. The van der Waals surface area contributed by atoms with E-state index in [0.717, 1.165) is 28.7 Å². The van der Waals surface area contributed by atoms with E-state index in [4.69, 9.17) is 14.6 Å². The fourth-order valence-corrected chi connectivity index (χ4v) is 3.51. The Morgan fingerprint density at radius 2 is 1.51 bits per heavy atom. The third-order valence-electron chi connectivity index (χ3n) is 5.21. The van der Waals surface area contributed by atoms with Crippen molar-refractivity contribution in [2.75, 3.05) is 19.8 Å². The number of carboxylic acids is 1. The number of carbonyl (C=O) groups is 1. The number of ether oxygens (including phenoxy) is 2. The molecule has 3 aromatic rings. The summed E-state index contributed by atoms with van der Waals surface area (Å²) in [4.78, 5) is 10.8. The normalized spacial score (nSPS) is 11.3. The lowest BCUT2D eigenvalue weighted by Gasteiger charge is -2.13. The summed E-state index contributed by atoms with van der Waals surface area (Å²) in [6.45, 7) is 5.66. The Morgan fingerprint density at radius 3 is 2.26 bits per heavy atom. The van der Waals surface area contributed by atoms with Crippen LogP contribution in [-0.2, 0) is 28.8 Å². The Hall–Kier alpha value is -3.15. The molecule has 3 aromatic carbocycles. The van der Waals surface area contributed by atoms with Crippen LogP contribution in [0, 0.1) is 0 Å². The molecule has 35 heavy (non-hydrogen) atoms. The molecule has 2 N–H and O–H groups in total. The van der Waals surface area contributed by atoms with E-state index in [-0.39, 0.29) is 6.42 Å². The van der Waals surface area contributed by atoms with Gasteiger partial charge in [-0.25, -0.2) is 0 Å². The van der Waals surface area contributed by atoms with Crippen molar-refractivity contribution in [3.63, 3.8) is 0 Å². The molecule has 1 atom stereocenters. The number of aliphatic hydroxyl groups is 1. The summed E-state index contributed by atoms with van der Waals surface area (Å²) in [6.07, 6.45) is 2.58. The van der Waals surface area contributed by atoms with E-state index < -0.39 is 12.1 Å². The van der Waals surface area contributed by atoms with Crippen LogP contribution in [0.3, 0.4) is 0 Å². The number of carboxylic acid groups (broad SMARTS) is 1. The van der Waals surface area contributed by atoms with E-state index in [2.05, 4.69) is 13.8 Å². The van der Waals surface area contributed by atoms with Crippen LogP contribution in [0.1, 0.15) is 55.0 Å². The third kappa shape index (κ3) is 11.2. The first-order valence-electron chi connectivity index (χ1n) is 12.3. The number of aryl methyl sites for hydroxylation is 1. The van der Waals surface area contributed by atoms with Gasteiger partial charge in [-0.3, -0.25) is 4.79 Å². The molecular formula is C30H38O5. The first-order chi connectivity index (χ1) is 17.0. The van der Waals surface area contributed by atoms with Gasteiger partial charge in [0.05, 0.1) is 19.3 Å². The maximum absolute atomic E-state index is 10.8. The van der Waals surface area contributed by atoms with Gasteiger partial charge < -0.3 is 19.7 Å². The van der Waals surface area contributed by atoms with Gasteiger partial charge in [0.25, 0.3) is 0 Å². The summed E-state index contributed by atoms with van der Waals surface area (Å²) >= 11 is 0. The van der Waals surface area contributed by atoms with Crippen molar-refractivity contribution in [1.82, 2.24) is 0 Å². The van der Waals surface area contributed by atoms with Gasteiger partial charge >= 0.3 is 5.97 Å². The lowest BCUT2D eigenvalue weighted by molar-refractivity contribution is -0.136. The van der Waals surface area contributed by atoms with Crippen LogP contribution in [0.2, 0.25) is 0 Å². The average Bonchev–Trinajstić information content (AvgIpc) is 2.86. The summed E-state index contributed by atoms with van der Waals surface area (Å²) in [5.41, 5.74) is 4.03. The predicted octanol–water partition coefficient (Wildman–Crippen LogP) is 6.03. The molecule has 0 fully saturated rings. The number of hydrogen-bond acceptors (Lipinski definition) is 4. The van der Waals surface area contributed by atoms with Crippen molar-refractivity contribution in [1.29, 1.82) is 0 Å². The minimum absolute atomic E-state index is 0.0793. The third-order valence-corrected chi connectivity index (χ3v) is 5.21. The smallest absolute Gasteiger partial charge is 0.303 e. The van der Waals surface area contributed by atoms with Crippen molar-refractivity contribution in [3.8, 4) is 5.75 Å². The lowest BCUT2D eigenvalue weighted by atomic mass is 9.99. The van der Waals surface area contributed by atoms with Crippen LogP contribution in [0.25, 0.3) is 0 Å². The van der Waals surface area contributed by atoms with E-state index in [1.54, 1.807) is 0 Å². The van der Waals surface area contributed by atoms with Crippen LogP contribution in [-0.4, -0.2) is 36.0 Å². The first kappa shape index (κ1) is 28.1. The van der Waals surface area contributed by atoms with E-state index >= 15 is 0 Å². The maximum atomic E-state index is 10.8. The molecule has 188 valence electrons. The number of hydrogen-bond donors (Lipinski definition) is 2. The second-order valence-electron chi connectivity index (χ2n) is 8.37. The van der Waals surface area contributed by atoms with Crippen molar-refractivity contribution in [3.05, 3.63) is 101 Å². The Kier molecular flexibility index (Phi) is 13.2. The standard InChI is InChI=1S/C27H30O5.C3H8/c28-25(20-21-7-2-1-3-8-21)24-11-6-9-22(19-24)15-16-31-17-18-32-26-12-5-4-10-23(26)13-14-27(29)30;1-3-2/h1-12,19,25,28H,13-18,20H2,(H,29,30);3H2,1-2H3. The fourth-order valence-electron chi connectivity index (χ4n) is 3.51. The monoisotopic (exact) mass is 478 g/mol. The van der Waals surface area contributed by atoms with E-state index in [0.29, 0.717) is 38.4 Å². The Balaban J connectivity index is 0.00000137. The number of rotatable bonds is 13. The van der Waals surface area contributed by atoms with Crippen LogP contribution < -0.4 is 4.74 Å². The SMILES string of the molecule is CCC.O=C(O)CCc1ccccc1OCCOCCc1cccc(C(O)Cc2ccccc2)c1. The van der Waals surface area contributed by atoms with Crippen LogP contribution in [0.5, 0.6) is 5.75 Å². The molecule has 0 heterocycles. The maximum Gasteiger partial charge on any atom is 0.303 e. The van der Waals surface area contributed by atoms with E-state index in [1.165, 1.54) is 6.42 Å². The number of para-hydroxylation sites is 1. The van der Waals surface area contributed by atoms with E-state index in [9.17, 15) is 9.90 Å². The van der Waals surface area contributed by atoms with Crippen molar-refractivity contribution in [2.24, 2.45) is 0 Å². The molecule has 0 aliphatic heterocycles. The van der Waals surface area contributed by atoms with E-state index in [1.807, 2.05) is 78.9 Å². The lowest BCUT2D eigenvalue weighted by Crippen LogP contribution is -2.10. The Morgan fingerprint density at radius 1 is 0.829 bits per heavy atom. The molecular weight excluding hydrogens is 440 g/mol. The van der Waals surface area contributed by atoms with Crippen molar-refractivity contribution >= 4 is 5.97 Å². The highest BCUT2D eigenvalue weighted by Gasteiger charge is 2.09. The van der Waals surface area contributed by atoms with Crippen LogP contribution >= 0.6 is 0 Å². The first-order valence-corrected chi connectivity index (χ1v) is 12.3. The van der Waals surface area contributed by atoms with Crippen molar-refractivity contribution < 1.29 is 24.5 Å². The molecule has 0 amide bonds. The van der Waals surface area contributed by atoms with Gasteiger partial charge in [-0.2, -0.15) is 0 Å². The van der Waals surface area contributed by atoms with Gasteiger partial charge in [0.15, 0.2) is 0 Å². The minimum Gasteiger partial charge on any atom is -0.491 e.